The van der Waals surface area contributed by atoms with Crippen LogP contribution in [0.15, 0.2) is 24.3 Å². The summed E-state index contributed by atoms with van der Waals surface area (Å²) in [6.07, 6.45) is 0.880. The number of benzene rings is 1. The largest absolute Gasteiger partial charge is 0.463 e. The summed E-state index contributed by atoms with van der Waals surface area (Å²) in [4.78, 5) is 12.1. The molecule has 1 heterocycles. The third kappa shape index (κ3) is 4.19. The Bertz CT molecular complexity index is 564. The van der Waals surface area contributed by atoms with Gasteiger partial charge in [-0.05, 0) is 47.2 Å². The molecule has 1 aromatic heterocycles. The molecule has 7 heteroatoms. The average Bonchev–Trinajstić information content (AvgIpc) is 2.35. The lowest BCUT2D eigenvalue weighted by molar-refractivity contribution is 0.292. The van der Waals surface area contributed by atoms with Gasteiger partial charge in [0.15, 0.2) is 0 Å². The van der Waals surface area contributed by atoms with Gasteiger partial charge in [-0.1, -0.05) is 13.0 Å². The lowest BCUT2D eigenvalue weighted by atomic mass is 10.3. The Balaban J connectivity index is 2.17. The number of aromatic nitrogens is 3. The number of anilines is 3. The van der Waals surface area contributed by atoms with Gasteiger partial charge in [-0.2, -0.15) is 15.0 Å². The van der Waals surface area contributed by atoms with Crippen molar-refractivity contribution in [1.29, 1.82) is 0 Å². The van der Waals surface area contributed by atoms with Crippen molar-refractivity contribution in [3.05, 3.63) is 27.8 Å². The summed E-state index contributed by atoms with van der Waals surface area (Å²) in [7, 11) is 0. The molecule has 0 aliphatic rings. The van der Waals surface area contributed by atoms with Crippen LogP contribution < -0.4 is 15.8 Å². The summed E-state index contributed by atoms with van der Waals surface area (Å²) in [5.74, 6) is 0.509. The SMILES string of the molecule is CCCOc1nc(N)nc(Nc2cccc(I)c2)n1. The minimum Gasteiger partial charge on any atom is -0.463 e. The summed E-state index contributed by atoms with van der Waals surface area (Å²) in [6.45, 7) is 2.56. The number of hydrogen-bond acceptors (Lipinski definition) is 6. The summed E-state index contributed by atoms with van der Waals surface area (Å²) >= 11 is 2.24. The Hall–Kier alpha value is -1.64. The van der Waals surface area contributed by atoms with E-state index in [0.717, 1.165) is 15.7 Å². The molecule has 3 N–H and O–H groups in total. The fourth-order valence-electron chi connectivity index (χ4n) is 1.38. The third-order valence-corrected chi connectivity index (χ3v) is 2.82. The van der Waals surface area contributed by atoms with E-state index in [2.05, 4.69) is 42.9 Å². The molecule has 100 valence electrons. The first-order chi connectivity index (χ1) is 9.17. The van der Waals surface area contributed by atoms with Crippen molar-refractivity contribution >= 4 is 40.2 Å². The Kier molecular flexibility index (Phi) is 4.72. The van der Waals surface area contributed by atoms with E-state index >= 15 is 0 Å². The molecule has 0 radical (unpaired) electrons. The molecule has 0 bridgehead atoms. The average molecular weight is 371 g/mol. The highest BCUT2D eigenvalue weighted by atomic mass is 127. The van der Waals surface area contributed by atoms with Gasteiger partial charge in [0.2, 0.25) is 11.9 Å². The van der Waals surface area contributed by atoms with Crippen molar-refractivity contribution in [2.45, 2.75) is 13.3 Å². The maximum atomic E-state index is 5.63. The van der Waals surface area contributed by atoms with E-state index in [-0.39, 0.29) is 12.0 Å². The van der Waals surface area contributed by atoms with Crippen LogP contribution in [-0.2, 0) is 0 Å². The highest BCUT2D eigenvalue weighted by Gasteiger charge is 2.05. The molecule has 0 aliphatic carbocycles. The van der Waals surface area contributed by atoms with Crippen molar-refractivity contribution in [2.75, 3.05) is 17.7 Å². The Morgan fingerprint density at radius 2 is 2.16 bits per heavy atom. The minimum absolute atomic E-state index is 0.134. The molecular weight excluding hydrogens is 357 g/mol. The standard InChI is InChI=1S/C12H14IN5O/c1-2-6-19-12-17-10(14)16-11(18-12)15-9-5-3-4-8(13)7-9/h3-5,7H,2,6H2,1H3,(H3,14,15,16,17,18). The molecule has 2 aromatic rings. The van der Waals surface area contributed by atoms with Crippen molar-refractivity contribution in [2.24, 2.45) is 0 Å². The molecule has 0 saturated carbocycles. The van der Waals surface area contributed by atoms with Crippen LogP contribution in [0.4, 0.5) is 17.6 Å². The predicted octanol–water partition coefficient (Wildman–Crippen LogP) is 2.59. The smallest absolute Gasteiger partial charge is 0.323 e. The molecular formula is C12H14IN5O. The predicted molar refractivity (Wildman–Crippen MR) is 82.5 cm³/mol. The molecule has 19 heavy (non-hydrogen) atoms. The van der Waals surface area contributed by atoms with Gasteiger partial charge >= 0.3 is 6.01 Å². The zero-order valence-electron chi connectivity index (χ0n) is 10.4. The summed E-state index contributed by atoms with van der Waals surface area (Å²) in [6, 6.07) is 8.09. The van der Waals surface area contributed by atoms with E-state index in [1.165, 1.54) is 0 Å². The number of ether oxygens (including phenoxy) is 1. The molecule has 0 atom stereocenters. The van der Waals surface area contributed by atoms with Crippen molar-refractivity contribution < 1.29 is 4.74 Å². The fourth-order valence-corrected chi connectivity index (χ4v) is 1.92. The first-order valence-corrected chi connectivity index (χ1v) is 6.92. The maximum Gasteiger partial charge on any atom is 0.323 e. The number of rotatable bonds is 5. The number of nitrogens with two attached hydrogens (primary N) is 1. The van der Waals surface area contributed by atoms with Crippen molar-refractivity contribution in [3.8, 4) is 6.01 Å². The molecule has 0 spiro atoms. The monoisotopic (exact) mass is 371 g/mol. The molecule has 1 aromatic carbocycles. The second-order valence-electron chi connectivity index (χ2n) is 3.78. The van der Waals surface area contributed by atoms with E-state index in [9.17, 15) is 0 Å². The quantitative estimate of drug-likeness (QED) is 0.786. The van der Waals surface area contributed by atoms with Crippen LogP contribution in [0.25, 0.3) is 0 Å². The van der Waals surface area contributed by atoms with E-state index < -0.39 is 0 Å². The topological polar surface area (TPSA) is 86.0 Å². The molecule has 0 saturated heterocycles. The van der Waals surface area contributed by atoms with Gasteiger partial charge < -0.3 is 15.8 Å². The second kappa shape index (κ2) is 6.50. The number of nitrogens with zero attached hydrogens (tertiary/aromatic N) is 3. The van der Waals surface area contributed by atoms with Crippen LogP contribution in [0.2, 0.25) is 0 Å². The molecule has 0 unspecified atom stereocenters. The van der Waals surface area contributed by atoms with Gasteiger partial charge in [-0.3, -0.25) is 0 Å². The third-order valence-electron chi connectivity index (χ3n) is 2.15. The summed E-state index contributed by atoms with van der Waals surface area (Å²) in [5.41, 5.74) is 6.52. The number of nitrogen functional groups attached to an aromatic ring is 1. The van der Waals surface area contributed by atoms with E-state index in [4.69, 9.17) is 10.5 Å². The number of hydrogen-bond donors (Lipinski definition) is 2. The molecule has 2 rings (SSSR count). The zero-order valence-corrected chi connectivity index (χ0v) is 12.6. The van der Waals surface area contributed by atoms with Gasteiger partial charge in [0, 0.05) is 9.26 Å². The van der Waals surface area contributed by atoms with Crippen LogP contribution in [0.3, 0.4) is 0 Å². The lowest BCUT2D eigenvalue weighted by Crippen LogP contribution is -2.07. The van der Waals surface area contributed by atoms with Crippen LogP contribution in [0, 0.1) is 3.57 Å². The molecule has 0 aliphatic heterocycles. The minimum atomic E-state index is 0.134. The highest BCUT2D eigenvalue weighted by molar-refractivity contribution is 14.1. The first-order valence-electron chi connectivity index (χ1n) is 5.84. The van der Waals surface area contributed by atoms with Crippen LogP contribution in [0.5, 0.6) is 6.01 Å². The Labute approximate surface area is 125 Å². The van der Waals surface area contributed by atoms with Gasteiger partial charge in [-0.25, -0.2) is 0 Å². The van der Waals surface area contributed by atoms with Crippen LogP contribution >= 0.6 is 22.6 Å². The number of halogens is 1. The van der Waals surface area contributed by atoms with Gasteiger partial charge in [0.05, 0.1) is 6.61 Å². The van der Waals surface area contributed by atoms with Gasteiger partial charge in [0.1, 0.15) is 0 Å². The van der Waals surface area contributed by atoms with Crippen LogP contribution in [-0.4, -0.2) is 21.6 Å². The second-order valence-corrected chi connectivity index (χ2v) is 5.03. The van der Waals surface area contributed by atoms with Gasteiger partial charge in [-0.15, -0.1) is 0 Å². The maximum absolute atomic E-state index is 5.63. The van der Waals surface area contributed by atoms with E-state index in [1.54, 1.807) is 0 Å². The molecule has 0 amide bonds. The fraction of sp³-hybridized carbons (Fsp3) is 0.250. The van der Waals surface area contributed by atoms with Crippen LogP contribution in [0.1, 0.15) is 13.3 Å². The zero-order chi connectivity index (χ0) is 13.7. The van der Waals surface area contributed by atoms with E-state index in [1.807, 2.05) is 31.2 Å². The molecule has 6 nitrogen and oxygen atoms in total. The Morgan fingerprint density at radius 3 is 2.89 bits per heavy atom. The van der Waals surface area contributed by atoms with Gasteiger partial charge in [0.25, 0.3) is 0 Å². The normalized spacial score (nSPS) is 10.2. The molecule has 0 fully saturated rings. The lowest BCUT2D eigenvalue weighted by Gasteiger charge is -2.07. The summed E-state index contributed by atoms with van der Waals surface area (Å²) in [5, 5.41) is 3.08. The Morgan fingerprint density at radius 1 is 1.32 bits per heavy atom. The highest BCUT2D eigenvalue weighted by Crippen LogP contribution is 2.17. The van der Waals surface area contributed by atoms with E-state index in [0.29, 0.717) is 12.6 Å². The summed E-state index contributed by atoms with van der Waals surface area (Å²) < 4.78 is 6.47. The first kappa shape index (κ1) is 13.8. The number of nitrogens with one attached hydrogen (secondary N) is 1. The van der Waals surface area contributed by atoms with Crippen molar-refractivity contribution in [3.63, 3.8) is 0 Å². The van der Waals surface area contributed by atoms with Crippen molar-refractivity contribution in [1.82, 2.24) is 15.0 Å².